The Morgan fingerprint density at radius 2 is 2.07 bits per heavy atom. The summed E-state index contributed by atoms with van der Waals surface area (Å²) in [5.41, 5.74) is 2.62. The Hall–Kier alpha value is -2.81. The molecule has 0 aliphatic heterocycles. The molecule has 0 saturated carbocycles. The van der Waals surface area contributed by atoms with Gasteiger partial charge in [0, 0.05) is 23.1 Å². The van der Waals surface area contributed by atoms with Crippen molar-refractivity contribution in [3.05, 3.63) is 52.5 Å². The quantitative estimate of drug-likeness (QED) is 0.548. The summed E-state index contributed by atoms with van der Waals surface area (Å²) in [6.45, 7) is 9.80. The molecule has 1 aromatic carbocycles. The highest BCUT2D eigenvalue weighted by molar-refractivity contribution is 9.10. The van der Waals surface area contributed by atoms with Gasteiger partial charge in [0.05, 0.1) is 0 Å². The molecule has 0 atom stereocenters. The molecule has 8 nitrogen and oxygen atoms in total. The summed E-state index contributed by atoms with van der Waals surface area (Å²) >= 11 is 3.53. The number of rotatable bonds is 8. The Labute approximate surface area is 165 Å². The number of aromatic amines is 1. The monoisotopic (exact) mass is 429 g/mol. The van der Waals surface area contributed by atoms with Crippen molar-refractivity contribution in [1.82, 2.24) is 30.8 Å². The third kappa shape index (κ3) is 4.88. The molecule has 0 unspecified atom stereocenters. The van der Waals surface area contributed by atoms with E-state index >= 15 is 0 Å². The van der Waals surface area contributed by atoms with Gasteiger partial charge < -0.3 is 9.64 Å². The van der Waals surface area contributed by atoms with E-state index in [1.54, 1.807) is 0 Å². The number of nitrogens with one attached hydrogen (secondary N) is 1. The van der Waals surface area contributed by atoms with Crippen molar-refractivity contribution in [1.29, 1.82) is 0 Å². The molecule has 0 bridgehead atoms. The minimum Gasteiger partial charge on any atom is -0.489 e. The Balaban J connectivity index is 1.80. The zero-order valence-electron chi connectivity index (χ0n) is 15.2. The van der Waals surface area contributed by atoms with Crippen LogP contribution in [0.4, 0.5) is 5.82 Å². The molecule has 0 aliphatic rings. The van der Waals surface area contributed by atoms with E-state index in [9.17, 15) is 0 Å². The van der Waals surface area contributed by atoms with Crippen LogP contribution in [0.2, 0.25) is 0 Å². The standard InChI is InChI=1S/C18H20BrN7O/c1-4-26(17-8-6-15(20-21-17)18-22-24-25-23-18)10-13-9-14(19)5-7-16(13)27-11-12(2)3/h5-9H,2,4,10-11H2,1,3H3,(H,22,23,24,25). The SMILES string of the molecule is C=C(C)COc1ccc(Br)cc1CN(CC)c1ccc(-c2nnn[nH]2)nn1. The summed E-state index contributed by atoms with van der Waals surface area (Å²) in [5.74, 6) is 2.08. The van der Waals surface area contributed by atoms with Gasteiger partial charge in [0.25, 0.3) is 0 Å². The number of H-pyrrole nitrogens is 1. The van der Waals surface area contributed by atoms with Gasteiger partial charge in [-0.05, 0) is 60.2 Å². The highest BCUT2D eigenvalue weighted by Crippen LogP contribution is 2.26. The molecular formula is C18H20BrN7O. The normalized spacial score (nSPS) is 10.6. The number of nitrogens with zero attached hydrogens (tertiary/aromatic N) is 6. The van der Waals surface area contributed by atoms with Crippen LogP contribution < -0.4 is 9.64 Å². The van der Waals surface area contributed by atoms with Crippen molar-refractivity contribution in [2.24, 2.45) is 0 Å². The molecule has 0 fully saturated rings. The predicted molar refractivity (Wildman–Crippen MR) is 106 cm³/mol. The molecule has 0 aliphatic carbocycles. The second-order valence-electron chi connectivity index (χ2n) is 6.04. The Bertz CT molecular complexity index is 897. The molecule has 0 spiro atoms. The van der Waals surface area contributed by atoms with E-state index < -0.39 is 0 Å². The number of benzene rings is 1. The number of hydrogen-bond acceptors (Lipinski definition) is 7. The van der Waals surface area contributed by atoms with E-state index in [0.717, 1.165) is 33.7 Å². The van der Waals surface area contributed by atoms with Crippen LogP contribution in [0.5, 0.6) is 5.75 Å². The third-order valence-electron chi connectivity index (χ3n) is 3.80. The van der Waals surface area contributed by atoms with Gasteiger partial charge >= 0.3 is 0 Å². The van der Waals surface area contributed by atoms with Gasteiger partial charge in [-0.25, -0.2) is 5.10 Å². The molecule has 0 radical (unpaired) electrons. The summed E-state index contributed by atoms with van der Waals surface area (Å²) < 4.78 is 6.89. The summed E-state index contributed by atoms with van der Waals surface area (Å²) in [4.78, 5) is 2.12. The number of ether oxygens (including phenoxy) is 1. The van der Waals surface area contributed by atoms with Gasteiger partial charge in [-0.15, -0.1) is 15.3 Å². The van der Waals surface area contributed by atoms with Gasteiger partial charge in [0.2, 0.25) is 0 Å². The highest BCUT2D eigenvalue weighted by Gasteiger charge is 2.13. The van der Waals surface area contributed by atoms with Crippen molar-refractivity contribution < 1.29 is 4.74 Å². The molecule has 27 heavy (non-hydrogen) atoms. The average molecular weight is 430 g/mol. The van der Waals surface area contributed by atoms with E-state index in [0.29, 0.717) is 24.7 Å². The zero-order chi connectivity index (χ0) is 19.2. The molecular weight excluding hydrogens is 410 g/mol. The Kier molecular flexibility index (Phi) is 6.12. The van der Waals surface area contributed by atoms with E-state index in [1.807, 2.05) is 31.2 Å². The lowest BCUT2D eigenvalue weighted by Crippen LogP contribution is -2.24. The first-order valence-electron chi connectivity index (χ1n) is 8.45. The van der Waals surface area contributed by atoms with E-state index in [4.69, 9.17) is 4.74 Å². The number of halogens is 1. The maximum absolute atomic E-state index is 5.89. The van der Waals surface area contributed by atoms with E-state index in [1.165, 1.54) is 0 Å². The Morgan fingerprint density at radius 1 is 1.22 bits per heavy atom. The number of tetrazole rings is 1. The third-order valence-corrected chi connectivity index (χ3v) is 4.30. The second-order valence-corrected chi connectivity index (χ2v) is 6.95. The topological polar surface area (TPSA) is 92.7 Å². The van der Waals surface area contributed by atoms with Crippen LogP contribution in [-0.2, 0) is 6.54 Å². The average Bonchev–Trinajstić information content (AvgIpc) is 3.20. The number of hydrogen-bond donors (Lipinski definition) is 1. The minimum atomic E-state index is 0.486. The molecule has 2 aromatic heterocycles. The Morgan fingerprint density at radius 3 is 2.70 bits per heavy atom. The minimum absolute atomic E-state index is 0.486. The zero-order valence-corrected chi connectivity index (χ0v) is 16.8. The maximum Gasteiger partial charge on any atom is 0.199 e. The van der Waals surface area contributed by atoms with Crippen LogP contribution in [-0.4, -0.2) is 44.0 Å². The summed E-state index contributed by atoms with van der Waals surface area (Å²) in [5, 5.41) is 22.2. The van der Waals surface area contributed by atoms with Gasteiger partial charge in [-0.2, -0.15) is 0 Å². The second kappa shape index (κ2) is 8.72. The van der Waals surface area contributed by atoms with Gasteiger partial charge in [0.15, 0.2) is 11.6 Å². The molecule has 2 heterocycles. The first kappa shape index (κ1) is 19.0. The van der Waals surface area contributed by atoms with Crippen molar-refractivity contribution in [2.75, 3.05) is 18.1 Å². The first-order valence-corrected chi connectivity index (χ1v) is 9.24. The molecule has 0 amide bonds. The molecule has 140 valence electrons. The molecule has 3 rings (SSSR count). The lowest BCUT2D eigenvalue weighted by molar-refractivity contribution is 0.348. The van der Waals surface area contributed by atoms with Crippen LogP contribution in [0.25, 0.3) is 11.5 Å². The van der Waals surface area contributed by atoms with Gasteiger partial charge in [-0.1, -0.05) is 22.5 Å². The fourth-order valence-electron chi connectivity index (χ4n) is 2.46. The van der Waals surface area contributed by atoms with Crippen molar-refractivity contribution in [3.8, 4) is 17.3 Å². The highest BCUT2D eigenvalue weighted by atomic mass is 79.9. The van der Waals surface area contributed by atoms with Crippen molar-refractivity contribution in [3.63, 3.8) is 0 Å². The van der Waals surface area contributed by atoms with Crippen molar-refractivity contribution >= 4 is 21.7 Å². The van der Waals surface area contributed by atoms with Gasteiger partial charge in [0.1, 0.15) is 18.1 Å². The predicted octanol–water partition coefficient (Wildman–Crippen LogP) is 3.40. The summed E-state index contributed by atoms with van der Waals surface area (Å²) in [6, 6.07) is 9.72. The van der Waals surface area contributed by atoms with E-state index in [2.05, 4.69) is 71.2 Å². The van der Waals surface area contributed by atoms with Crippen LogP contribution in [0, 0.1) is 0 Å². The van der Waals surface area contributed by atoms with E-state index in [-0.39, 0.29) is 0 Å². The number of aromatic nitrogens is 6. The molecule has 0 saturated heterocycles. The molecule has 1 N–H and O–H groups in total. The lowest BCUT2D eigenvalue weighted by atomic mass is 10.2. The molecule has 3 aromatic rings. The van der Waals surface area contributed by atoms with Crippen LogP contribution in [0.3, 0.4) is 0 Å². The fourth-order valence-corrected chi connectivity index (χ4v) is 2.87. The number of anilines is 1. The summed E-state index contributed by atoms with van der Waals surface area (Å²) in [7, 11) is 0. The van der Waals surface area contributed by atoms with Crippen LogP contribution >= 0.6 is 15.9 Å². The molecule has 9 heteroatoms. The maximum atomic E-state index is 5.89. The fraction of sp³-hybridized carbons (Fsp3) is 0.278. The first-order chi connectivity index (χ1) is 13.1. The smallest absolute Gasteiger partial charge is 0.199 e. The van der Waals surface area contributed by atoms with Gasteiger partial charge in [-0.3, -0.25) is 0 Å². The lowest BCUT2D eigenvalue weighted by Gasteiger charge is -2.23. The van der Waals surface area contributed by atoms with Crippen LogP contribution in [0.15, 0.2) is 47.0 Å². The van der Waals surface area contributed by atoms with Crippen LogP contribution in [0.1, 0.15) is 19.4 Å². The summed E-state index contributed by atoms with van der Waals surface area (Å²) in [6.07, 6.45) is 0. The largest absolute Gasteiger partial charge is 0.489 e. The van der Waals surface area contributed by atoms with Crippen molar-refractivity contribution in [2.45, 2.75) is 20.4 Å².